The molecule has 4 aromatic rings. The molecule has 0 unspecified atom stereocenters. The van der Waals surface area contributed by atoms with E-state index in [-0.39, 0.29) is 24.6 Å². The highest BCUT2D eigenvalue weighted by Gasteiger charge is 2.16. The van der Waals surface area contributed by atoms with Gasteiger partial charge in [-0.1, -0.05) is 0 Å². The summed E-state index contributed by atoms with van der Waals surface area (Å²) in [5.41, 5.74) is 4.55. The molecule has 160 valence electrons. The zero-order valence-corrected chi connectivity index (χ0v) is 16.7. The van der Waals surface area contributed by atoms with Crippen LogP contribution >= 0.6 is 0 Å². The smallest absolute Gasteiger partial charge is 0.304 e. The second-order valence-corrected chi connectivity index (χ2v) is 6.73. The zero-order valence-electron chi connectivity index (χ0n) is 16.7. The quantitative estimate of drug-likeness (QED) is 0.288. The van der Waals surface area contributed by atoms with Crippen molar-refractivity contribution in [3.05, 3.63) is 48.2 Å². The minimum Gasteiger partial charge on any atom is -0.493 e. The van der Waals surface area contributed by atoms with Crippen LogP contribution in [-0.2, 0) is 4.79 Å². The number of carboxylic acids is 1. The highest BCUT2D eigenvalue weighted by molar-refractivity contribution is 5.87. The molecular weight excluding hydrogens is 407 g/mol. The Labute approximate surface area is 175 Å². The van der Waals surface area contributed by atoms with E-state index in [9.17, 15) is 9.18 Å². The molecule has 0 aliphatic rings. The van der Waals surface area contributed by atoms with Crippen molar-refractivity contribution in [2.24, 2.45) is 0 Å². The number of hydroxylamine groups is 1. The van der Waals surface area contributed by atoms with Gasteiger partial charge in [0.05, 0.1) is 24.4 Å². The lowest BCUT2D eigenvalue weighted by atomic mass is 10.2. The van der Waals surface area contributed by atoms with Crippen LogP contribution in [0.1, 0.15) is 12.1 Å². The number of methoxy groups -OCH3 is 1. The van der Waals surface area contributed by atoms with Crippen molar-refractivity contribution in [2.45, 2.75) is 13.3 Å². The lowest BCUT2D eigenvalue weighted by molar-refractivity contribution is -0.137. The summed E-state index contributed by atoms with van der Waals surface area (Å²) in [6, 6.07) is 8.17. The van der Waals surface area contributed by atoms with Crippen LogP contribution in [0.15, 0.2) is 36.7 Å². The maximum atomic E-state index is 14.9. The molecule has 9 nitrogen and oxygen atoms in total. The first-order chi connectivity index (χ1) is 15.0. The van der Waals surface area contributed by atoms with E-state index in [0.29, 0.717) is 33.3 Å². The minimum atomic E-state index is -0.948. The Morgan fingerprint density at radius 1 is 1.16 bits per heavy atom. The third-order valence-electron chi connectivity index (χ3n) is 4.55. The second kappa shape index (κ2) is 8.44. The van der Waals surface area contributed by atoms with Crippen molar-refractivity contribution < 1.29 is 28.6 Å². The zero-order chi connectivity index (χ0) is 22.0. The number of aryl methyl sites for hydroxylation is 1. The number of rotatable bonds is 8. The predicted molar refractivity (Wildman–Crippen MR) is 110 cm³/mol. The summed E-state index contributed by atoms with van der Waals surface area (Å²) in [4.78, 5) is 27.5. The lowest BCUT2D eigenvalue weighted by Gasteiger charge is -2.13. The number of H-pyrrole nitrogens is 1. The number of benzene rings is 2. The van der Waals surface area contributed by atoms with E-state index in [0.717, 1.165) is 5.69 Å². The van der Waals surface area contributed by atoms with Gasteiger partial charge < -0.3 is 24.4 Å². The minimum absolute atomic E-state index is 0.0288. The van der Waals surface area contributed by atoms with Gasteiger partial charge in [-0.05, 0) is 31.2 Å². The Morgan fingerprint density at radius 3 is 2.77 bits per heavy atom. The molecule has 2 aromatic carbocycles. The Hall–Kier alpha value is -3.92. The maximum Gasteiger partial charge on any atom is 0.304 e. The molecule has 0 amide bonds. The number of nitrogens with zero attached hydrogens (tertiary/aromatic N) is 2. The molecule has 2 heterocycles. The van der Waals surface area contributed by atoms with Gasteiger partial charge in [-0.25, -0.2) is 14.4 Å². The van der Waals surface area contributed by atoms with Crippen LogP contribution in [0.25, 0.3) is 21.8 Å². The van der Waals surface area contributed by atoms with E-state index in [2.05, 4.69) is 20.4 Å². The molecular formula is C21H19FN4O5. The number of halogens is 1. The van der Waals surface area contributed by atoms with Crippen LogP contribution in [0.2, 0.25) is 0 Å². The molecule has 0 aliphatic carbocycles. The fourth-order valence-electron chi connectivity index (χ4n) is 3.12. The predicted octanol–water partition coefficient (Wildman–Crippen LogP) is 3.72. The van der Waals surface area contributed by atoms with Crippen molar-refractivity contribution in [3.63, 3.8) is 0 Å². The summed E-state index contributed by atoms with van der Waals surface area (Å²) in [5.74, 6) is -0.618. The molecule has 31 heavy (non-hydrogen) atoms. The molecule has 0 aliphatic heterocycles. The molecule has 10 heteroatoms. The molecule has 0 spiro atoms. The highest BCUT2D eigenvalue weighted by Crippen LogP contribution is 2.37. The first kappa shape index (κ1) is 20.4. The van der Waals surface area contributed by atoms with Gasteiger partial charge in [-0.2, -0.15) is 5.48 Å². The van der Waals surface area contributed by atoms with Crippen LogP contribution in [-0.4, -0.2) is 39.7 Å². The first-order valence-corrected chi connectivity index (χ1v) is 9.36. The normalized spacial score (nSPS) is 11.1. The summed E-state index contributed by atoms with van der Waals surface area (Å²) in [5, 5.41) is 9.62. The topological polar surface area (TPSA) is 119 Å². The number of hydrogen-bond donors (Lipinski definition) is 3. The Balaban J connectivity index is 1.66. The Bertz CT molecular complexity index is 1270. The Kier molecular flexibility index (Phi) is 5.54. The SMILES string of the molecule is COc1cc2c(Oc3ccc4[nH]c(C)cc4c3F)ncnc2cc1ONCCC(=O)O. The summed E-state index contributed by atoms with van der Waals surface area (Å²) in [6.45, 7) is 1.95. The monoisotopic (exact) mass is 426 g/mol. The van der Waals surface area contributed by atoms with Crippen molar-refractivity contribution in [3.8, 4) is 23.1 Å². The summed E-state index contributed by atoms with van der Waals surface area (Å²) in [7, 11) is 1.46. The van der Waals surface area contributed by atoms with Gasteiger partial charge >= 0.3 is 5.97 Å². The molecule has 2 aromatic heterocycles. The molecule has 0 atom stereocenters. The second-order valence-electron chi connectivity index (χ2n) is 6.73. The standard InChI is InChI=1S/C21H19FN4O5/c1-11-7-12-14(26-11)3-4-16(20(12)22)30-21-13-8-17(29-2)18(9-15(13)23-10-24-21)31-25-6-5-19(27)28/h3-4,7-10,25-26H,5-6H2,1-2H3,(H,27,28). The van der Waals surface area contributed by atoms with E-state index in [4.69, 9.17) is 19.4 Å². The number of carboxylic acid groups (broad SMARTS) is 1. The van der Waals surface area contributed by atoms with Crippen molar-refractivity contribution in [1.29, 1.82) is 0 Å². The number of aromatic amines is 1. The number of aliphatic carboxylic acids is 1. The number of aromatic nitrogens is 3. The average molecular weight is 426 g/mol. The van der Waals surface area contributed by atoms with Crippen molar-refractivity contribution in [2.75, 3.05) is 13.7 Å². The van der Waals surface area contributed by atoms with Gasteiger partial charge in [0.15, 0.2) is 23.1 Å². The lowest BCUT2D eigenvalue weighted by Crippen LogP contribution is -2.22. The van der Waals surface area contributed by atoms with Crippen LogP contribution < -0.4 is 19.8 Å². The number of nitrogens with one attached hydrogen (secondary N) is 2. The van der Waals surface area contributed by atoms with Crippen LogP contribution in [0.4, 0.5) is 4.39 Å². The number of ether oxygens (including phenoxy) is 2. The largest absolute Gasteiger partial charge is 0.493 e. The molecule has 0 bridgehead atoms. The van der Waals surface area contributed by atoms with Crippen molar-refractivity contribution >= 4 is 27.8 Å². The molecule has 0 saturated carbocycles. The molecule has 0 fully saturated rings. The van der Waals surface area contributed by atoms with Crippen LogP contribution in [0, 0.1) is 12.7 Å². The maximum absolute atomic E-state index is 14.9. The van der Waals surface area contributed by atoms with E-state index in [1.165, 1.54) is 19.5 Å². The highest BCUT2D eigenvalue weighted by atomic mass is 19.1. The molecule has 4 rings (SSSR count). The number of hydrogen-bond acceptors (Lipinski definition) is 7. The number of fused-ring (bicyclic) bond motifs is 2. The van der Waals surface area contributed by atoms with Gasteiger partial charge in [0.2, 0.25) is 5.88 Å². The van der Waals surface area contributed by atoms with E-state index >= 15 is 0 Å². The van der Waals surface area contributed by atoms with Gasteiger partial charge in [-0.3, -0.25) is 4.79 Å². The van der Waals surface area contributed by atoms with Gasteiger partial charge in [0.1, 0.15) is 6.33 Å². The molecule has 3 N–H and O–H groups in total. The van der Waals surface area contributed by atoms with E-state index in [1.807, 2.05) is 6.92 Å². The van der Waals surface area contributed by atoms with Gasteiger partial charge in [0.25, 0.3) is 0 Å². The average Bonchev–Trinajstić information content (AvgIpc) is 3.14. The third kappa shape index (κ3) is 4.19. The third-order valence-corrected chi connectivity index (χ3v) is 4.55. The van der Waals surface area contributed by atoms with Crippen molar-refractivity contribution in [1.82, 2.24) is 20.4 Å². The fraction of sp³-hybridized carbons (Fsp3) is 0.190. The van der Waals surface area contributed by atoms with E-state index in [1.54, 1.807) is 24.3 Å². The molecule has 0 saturated heterocycles. The summed E-state index contributed by atoms with van der Waals surface area (Å²) in [6.07, 6.45) is 1.19. The van der Waals surface area contributed by atoms with Gasteiger partial charge in [-0.15, -0.1) is 0 Å². The van der Waals surface area contributed by atoms with E-state index < -0.39 is 11.8 Å². The summed E-state index contributed by atoms with van der Waals surface area (Å²) < 4.78 is 26.1. The van der Waals surface area contributed by atoms with Gasteiger partial charge in [0, 0.05) is 29.2 Å². The first-order valence-electron chi connectivity index (χ1n) is 9.36. The Morgan fingerprint density at radius 2 is 2.00 bits per heavy atom. The van der Waals surface area contributed by atoms with Crippen LogP contribution in [0.3, 0.4) is 0 Å². The molecule has 0 radical (unpaired) electrons. The summed E-state index contributed by atoms with van der Waals surface area (Å²) >= 11 is 0. The fourth-order valence-corrected chi connectivity index (χ4v) is 3.12. The number of carbonyl (C=O) groups is 1. The van der Waals surface area contributed by atoms with Crippen LogP contribution in [0.5, 0.6) is 23.1 Å².